The van der Waals surface area contributed by atoms with E-state index < -0.39 is 5.97 Å². The molecule has 7 nitrogen and oxygen atoms in total. The van der Waals surface area contributed by atoms with Gasteiger partial charge in [0, 0.05) is 16.9 Å². The lowest BCUT2D eigenvalue weighted by Gasteiger charge is -2.16. The molecule has 3 aromatic rings. The largest absolute Gasteiger partial charge is 0.493 e. The van der Waals surface area contributed by atoms with Gasteiger partial charge in [0.25, 0.3) is 0 Å². The Morgan fingerprint density at radius 1 is 1.03 bits per heavy atom. The Bertz CT molecular complexity index is 1130. The molecule has 3 rings (SSSR count). The number of aliphatic carboxylic acids is 1. The van der Waals surface area contributed by atoms with Crippen molar-refractivity contribution in [2.45, 2.75) is 11.4 Å². The summed E-state index contributed by atoms with van der Waals surface area (Å²) in [4.78, 5) is 15.7. The molecular formula is C24H22N2O5S. The maximum Gasteiger partial charge on any atom is 0.304 e. The number of hydrogen-bond acceptors (Lipinski definition) is 7. The summed E-state index contributed by atoms with van der Waals surface area (Å²) >= 11 is 1.24. The number of ether oxygens (including phenoxy) is 3. The van der Waals surface area contributed by atoms with E-state index in [1.807, 2.05) is 36.4 Å². The number of pyridine rings is 1. The average Bonchev–Trinajstić information content (AvgIpc) is 2.82. The first-order valence-corrected chi connectivity index (χ1v) is 10.7. The summed E-state index contributed by atoms with van der Waals surface area (Å²) < 4.78 is 16.4. The Labute approximate surface area is 190 Å². The Morgan fingerprint density at radius 3 is 2.22 bits per heavy atom. The summed E-state index contributed by atoms with van der Waals surface area (Å²) in [6.07, 6.45) is -0.0354. The lowest BCUT2D eigenvalue weighted by Crippen LogP contribution is -2.00. The highest BCUT2D eigenvalue weighted by Gasteiger charge is 2.20. The second-order valence-corrected chi connectivity index (χ2v) is 7.70. The number of nitriles is 1. The standard InChI is InChI=1S/C24H22N2O5S/c1-29-20-11-16(12-21(30-2)23(20)31-3)17-13-19(15-7-5-4-6-8-15)26-24(18(17)14-25)32-10-9-22(27)28/h4-8,11-13H,9-10H2,1-3H3,(H,27,28). The highest BCUT2D eigenvalue weighted by atomic mass is 32.2. The van der Waals surface area contributed by atoms with Crippen LogP contribution in [-0.2, 0) is 4.79 Å². The first kappa shape index (κ1) is 23.0. The molecule has 0 saturated carbocycles. The van der Waals surface area contributed by atoms with E-state index in [9.17, 15) is 10.1 Å². The van der Waals surface area contributed by atoms with Crippen molar-refractivity contribution in [3.05, 3.63) is 54.1 Å². The molecule has 0 aliphatic carbocycles. The van der Waals surface area contributed by atoms with Crippen LogP contribution in [0.1, 0.15) is 12.0 Å². The third-order valence-electron chi connectivity index (χ3n) is 4.70. The zero-order valence-corrected chi connectivity index (χ0v) is 18.7. The average molecular weight is 451 g/mol. The van der Waals surface area contributed by atoms with Gasteiger partial charge >= 0.3 is 5.97 Å². The number of thioether (sulfide) groups is 1. The molecule has 1 heterocycles. The summed E-state index contributed by atoms with van der Waals surface area (Å²) in [6.45, 7) is 0. The van der Waals surface area contributed by atoms with Gasteiger partial charge in [-0.2, -0.15) is 5.26 Å². The zero-order valence-electron chi connectivity index (χ0n) is 17.9. The Morgan fingerprint density at radius 2 is 1.69 bits per heavy atom. The molecule has 2 aromatic carbocycles. The normalized spacial score (nSPS) is 10.3. The predicted molar refractivity (Wildman–Crippen MR) is 122 cm³/mol. The van der Waals surface area contributed by atoms with E-state index in [2.05, 4.69) is 11.1 Å². The van der Waals surface area contributed by atoms with Crippen LogP contribution in [0.3, 0.4) is 0 Å². The minimum atomic E-state index is -0.903. The summed E-state index contributed by atoms with van der Waals surface area (Å²) in [5.41, 5.74) is 3.24. The Balaban J connectivity index is 2.24. The van der Waals surface area contributed by atoms with E-state index in [-0.39, 0.29) is 6.42 Å². The first-order chi connectivity index (χ1) is 15.5. The number of rotatable bonds is 9. The number of nitrogens with zero attached hydrogens (tertiary/aromatic N) is 2. The second-order valence-electron chi connectivity index (χ2n) is 6.62. The van der Waals surface area contributed by atoms with Crippen LogP contribution in [0.2, 0.25) is 0 Å². The molecule has 164 valence electrons. The smallest absolute Gasteiger partial charge is 0.304 e. The summed E-state index contributed by atoms with van der Waals surface area (Å²) in [5.74, 6) is 0.766. The third-order valence-corrected chi connectivity index (χ3v) is 5.68. The van der Waals surface area contributed by atoms with E-state index in [0.717, 1.165) is 5.56 Å². The van der Waals surface area contributed by atoms with Crippen molar-refractivity contribution in [1.29, 1.82) is 5.26 Å². The summed E-state index contributed by atoms with van der Waals surface area (Å²) in [5, 5.41) is 19.5. The molecule has 8 heteroatoms. The minimum absolute atomic E-state index is 0.0354. The molecule has 0 aliphatic heterocycles. The highest BCUT2D eigenvalue weighted by Crippen LogP contribution is 2.43. The van der Waals surface area contributed by atoms with Crippen molar-refractivity contribution >= 4 is 17.7 Å². The van der Waals surface area contributed by atoms with E-state index in [1.54, 1.807) is 12.1 Å². The topological polar surface area (TPSA) is 102 Å². The van der Waals surface area contributed by atoms with Gasteiger partial charge in [0.05, 0.1) is 39.0 Å². The molecule has 0 atom stereocenters. The van der Waals surface area contributed by atoms with Gasteiger partial charge in [0.1, 0.15) is 11.1 Å². The van der Waals surface area contributed by atoms with E-state index >= 15 is 0 Å². The van der Waals surface area contributed by atoms with Crippen LogP contribution < -0.4 is 14.2 Å². The first-order valence-electron chi connectivity index (χ1n) is 9.67. The molecule has 0 fully saturated rings. The fourth-order valence-corrected chi connectivity index (χ4v) is 4.12. The number of hydrogen-bond donors (Lipinski definition) is 1. The third kappa shape index (κ3) is 4.95. The predicted octanol–water partition coefficient (Wildman–Crippen LogP) is 4.88. The van der Waals surface area contributed by atoms with Crippen molar-refractivity contribution in [3.8, 4) is 45.7 Å². The van der Waals surface area contributed by atoms with Crippen molar-refractivity contribution in [2.75, 3.05) is 27.1 Å². The molecule has 0 saturated heterocycles. The van der Waals surface area contributed by atoms with Gasteiger partial charge in [-0.3, -0.25) is 4.79 Å². The monoisotopic (exact) mass is 450 g/mol. The second kappa shape index (κ2) is 10.6. The van der Waals surface area contributed by atoms with Gasteiger partial charge in [0.15, 0.2) is 11.5 Å². The lowest BCUT2D eigenvalue weighted by molar-refractivity contribution is -0.136. The molecule has 0 aliphatic rings. The van der Waals surface area contributed by atoms with Crippen LogP contribution in [0.25, 0.3) is 22.4 Å². The van der Waals surface area contributed by atoms with Gasteiger partial charge in [0.2, 0.25) is 5.75 Å². The molecule has 0 unspecified atom stereocenters. The fourth-order valence-electron chi connectivity index (χ4n) is 3.19. The lowest BCUT2D eigenvalue weighted by atomic mass is 9.98. The fraction of sp³-hybridized carbons (Fsp3) is 0.208. The molecular weight excluding hydrogens is 428 g/mol. The summed E-state index contributed by atoms with van der Waals surface area (Å²) in [6, 6.07) is 17.2. The van der Waals surface area contributed by atoms with Gasteiger partial charge in [-0.1, -0.05) is 30.3 Å². The molecule has 0 bridgehead atoms. The van der Waals surface area contributed by atoms with Gasteiger partial charge < -0.3 is 19.3 Å². The van der Waals surface area contributed by atoms with E-state index in [0.29, 0.717) is 50.4 Å². The maximum absolute atomic E-state index is 11.0. The van der Waals surface area contributed by atoms with Gasteiger partial charge in [-0.25, -0.2) is 4.98 Å². The quantitative estimate of drug-likeness (QED) is 0.460. The minimum Gasteiger partial charge on any atom is -0.493 e. The van der Waals surface area contributed by atoms with Crippen molar-refractivity contribution in [3.63, 3.8) is 0 Å². The molecule has 1 aromatic heterocycles. The van der Waals surface area contributed by atoms with Crippen LogP contribution in [0.4, 0.5) is 0 Å². The molecule has 0 amide bonds. The SMILES string of the molecule is COc1cc(-c2cc(-c3ccccc3)nc(SCCC(=O)O)c2C#N)cc(OC)c1OC. The maximum atomic E-state index is 11.0. The highest BCUT2D eigenvalue weighted by molar-refractivity contribution is 7.99. The van der Waals surface area contributed by atoms with Crippen LogP contribution in [0.15, 0.2) is 53.6 Å². The molecule has 0 spiro atoms. The van der Waals surface area contributed by atoms with Crippen LogP contribution in [0.5, 0.6) is 17.2 Å². The van der Waals surface area contributed by atoms with E-state index in [1.165, 1.54) is 33.1 Å². The Hall–Kier alpha value is -3.70. The zero-order chi connectivity index (χ0) is 23.1. The van der Waals surface area contributed by atoms with Crippen LogP contribution in [0, 0.1) is 11.3 Å². The summed E-state index contributed by atoms with van der Waals surface area (Å²) in [7, 11) is 4.58. The number of carbonyl (C=O) groups is 1. The molecule has 32 heavy (non-hydrogen) atoms. The number of aromatic nitrogens is 1. The van der Waals surface area contributed by atoms with Gasteiger partial charge in [-0.15, -0.1) is 11.8 Å². The number of carboxylic acid groups (broad SMARTS) is 1. The van der Waals surface area contributed by atoms with Crippen molar-refractivity contribution in [1.82, 2.24) is 4.98 Å². The number of carboxylic acids is 1. The van der Waals surface area contributed by atoms with E-state index in [4.69, 9.17) is 19.3 Å². The van der Waals surface area contributed by atoms with Crippen LogP contribution >= 0.6 is 11.8 Å². The van der Waals surface area contributed by atoms with Crippen molar-refractivity contribution < 1.29 is 24.1 Å². The Kier molecular flexibility index (Phi) is 7.58. The molecule has 0 radical (unpaired) electrons. The van der Waals surface area contributed by atoms with Crippen molar-refractivity contribution in [2.24, 2.45) is 0 Å². The van der Waals surface area contributed by atoms with Crippen LogP contribution in [-0.4, -0.2) is 43.1 Å². The molecule has 1 N–H and O–H groups in total. The number of methoxy groups -OCH3 is 3. The number of benzene rings is 2. The van der Waals surface area contributed by atoms with Gasteiger partial charge in [-0.05, 0) is 23.8 Å².